The molecule has 0 aliphatic rings. The highest BCUT2D eigenvalue weighted by molar-refractivity contribution is 9.11. The summed E-state index contributed by atoms with van der Waals surface area (Å²) in [5.74, 6) is 1.65. The lowest BCUT2D eigenvalue weighted by Gasteiger charge is -2.11. The van der Waals surface area contributed by atoms with E-state index in [4.69, 9.17) is 9.47 Å². The lowest BCUT2D eigenvalue weighted by Crippen LogP contribution is -2.12. The molecule has 1 N–H and O–H groups in total. The van der Waals surface area contributed by atoms with Crippen molar-refractivity contribution >= 4 is 27.3 Å². The third kappa shape index (κ3) is 3.96. The monoisotopic (exact) mass is 341 g/mol. The summed E-state index contributed by atoms with van der Waals surface area (Å²) >= 11 is 5.16. The highest BCUT2D eigenvalue weighted by atomic mass is 79.9. The molecule has 0 atom stereocenters. The molecule has 0 fully saturated rings. The Hall–Kier alpha value is -1.04. The predicted octanol–water partition coefficient (Wildman–Crippen LogP) is 3.82. The largest absolute Gasteiger partial charge is 0.497 e. The van der Waals surface area contributed by atoms with Crippen molar-refractivity contribution in [1.29, 1.82) is 0 Å². The Morgan fingerprint density at radius 2 is 2.00 bits per heavy atom. The fraction of sp³-hybridized carbons (Fsp3) is 0.286. The second kappa shape index (κ2) is 6.93. The summed E-state index contributed by atoms with van der Waals surface area (Å²) in [6.45, 7) is 1.61. The van der Waals surface area contributed by atoms with Crippen LogP contribution in [0.4, 0.5) is 0 Å². The van der Waals surface area contributed by atoms with Crippen LogP contribution in [0.1, 0.15) is 11.1 Å². The zero-order valence-electron chi connectivity index (χ0n) is 10.9. The van der Waals surface area contributed by atoms with Crippen molar-refractivity contribution in [2.24, 2.45) is 0 Å². The van der Waals surface area contributed by atoms with Crippen LogP contribution in [-0.2, 0) is 13.1 Å². The molecule has 2 rings (SSSR count). The Balaban J connectivity index is 1.95. The number of nitrogens with one attached hydrogen (secondary N) is 1. The van der Waals surface area contributed by atoms with Crippen molar-refractivity contribution in [3.8, 4) is 11.5 Å². The van der Waals surface area contributed by atoms with Crippen molar-refractivity contribution in [2.75, 3.05) is 14.2 Å². The topological polar surface area (TPSA) is 30.5 Å². The molecule has 0 aliphatic carbocycles. The van der Waals surface area contributed by atoms with Gasteiger partial charge in [0.15, 0.2) is 0 Å². The molecule has 0 amide bonds. The van der Waals surface area contributed by atoms with E-state index in [-0.39, 0.29) is 0 Å². The molecule has 0 aliphatic heterocycles. The molecular formula is C14H16BrNO2S. The van der Waals surface area contributed by atoms with Gasteiger partial charge in [0.25, 0.3) is 0 Å². The Kier molecular flexibility index (Phi) is 5.24. The molecule has 0 spiro atoms. The van der Waals surface area contributed by atoms with Crippen molar-refractivity contribution < 1.29 is 9.47 Å². The van der Waals surface area contributed by atoms with E-state index in [2.05, 4.69) is 32.7 Å². The van der Waals surface area contributed by atoms with Crippen LogP contribution in [0, 0.1) is 0 Å². The van der Waals surface area contributed by atoms with Gasteiger partial charge in [0.2, 0.25) is 0 Å². The summed E-state index contributed by atoms with van der Waals surface area (Å²) in [6.07, 6.45) is 0. The van der Waals surface area contributed by atoms with E-state index in [0.717, 1.165) is 33.9 Å². The molecule has 2 aromatic rings. The molecule has 0 radical (unpaired) electrons. The van der Waals surface area contributed by atoms with Gasteiger partial charge in [-0.25, -0.2) is 0 Å². The van der Waals surface area contributed by atoms with Crippen molar-refractivity contribution in [3.05, 3.63) is 44.6 Å². The quantitative estimate of drug-likeness (QED) is 0.866. The van der Waals surface area contributed by atoms with Gasteiger partial charge >= 0.3 is 0 Å². The van der Waals surface area contributed by atoms with Crippen LogP contribution in [0.5, 0.6) is 11.5 Å². The average Bonchev–Trinajstić information content (AvgIpc) is 2.84. The maximum Gasteiger partial charge on any atom is 0.127 e. The van der Waals surface area contributed by atoms with Gasteiger partial charge in [-0.05, 0) is 39.0 Å². The maximum atomic E-state index is 5.37. The summed E-state index contributed by atoms with van der Waals surface area (Å²) in [5, 5.41) is 5.55. The number of thiophene rings is 1. The Labute approximate surface area is 125 Å². The summed E-state index contributed by atoms with van der Waals surface area (Å²) in [4.78, 5) is 0. The van der Waals surface area contributed by atoms with Crippen LogP contribution in [0.25, 0.3) is 0 Å². The van der Waals surface area contributed by atoms with E-state index in [1.165, 1.54) is 5.56 Å². The van der Waals surface area contributed by atoms with Gasteiger partial charge in [0.1, 0.15) is 11.5 Å². The third-order valence-corrected chi connectivity index (χ3v) is 4.31. The first kappa shape index (κ1) is 14.4. The Bertz CT molecular complexity index is 542. The first-order valence-corrected chi connectivity index (χ1v) is 7.54. The fourth-order valence-electron chi connectivity index (χ4n) is 1.78. The number of methoxy groups -OCH3 is 2. The number of benzene rings is 1. The van der Waals surface area contributed by atoms with Crippen LogP contribution in [-0.4, -0.2) is 14.2 Å². The summed E-state index contributed by atoms with van der Waals surface area (Å²) in [6, 6.07) is 8.00. The van der Waals surface area contributed by atoms with Crippen molar-refractivity contribution in [3.63, 3.8) is 0 Å². The summed E-state index contributed by atoms with van der Waals surface area (Å²) < 4.78 is 11.7. The fourth-order valence-corrected chi connectivity index (χ4v) is 2.99. The van der Waals surface area contributed by atoms with Crippen molar-refractivity contribution in [2.45, 2.75) is 13.1 Å². The van der Waals surface area contributed by atoms with Gasteiger partial charge < -0.3 is 14.8 Å². The summed E-state index contributed by atoms with van der Waals surface area (Å²) in [7, 11) is 3.33. The lowest BCUT2D eigenvalue weighted by molar-refractivity contribution is 0.390. The SMILES string of the molecule is COc1ccc(CNCc2csc(Br)c2)c(OC)c1. The molecule has 0 bridgehead atoms. The first-order valence-electron chi connectivity index (χ1n) is 5.87. The van der Waals surface area contributed by atoms with Crippen LogP contribution in [0.2, 0.25) is 0 Å². The van der Waals surface area contributed by atoms with Gasteiger partial charge in [-0.1, -0.05) is 6.07 Å². The highest BCUT2D eigenvalue weighted by Crippen LogP contribution is 2.25. The second-order valence-electron chi connectivity index (χ2n) is 4.04. The molecule has 19 heavy (non-hydrogen) atoms. The number of hydrogen-bond donors (Lipinski definition) is 1. The second-order valence-corrected chi connectivity index (χ2v) is 6.33. The molecule has 5 heteroatoms. The van der Waals surface area contributed by atoms with E-state index in [1.807, 2.05) is 18.2 Å². The third-order valence-electron chi connectivity index (χ3n) is 2.76. The average molecular weight is 342 g/mol. The predicted molar refractivity (Wildman–Crippen MR) is 82.1 cm³/mol. The minimum absolute atomic E-state index is 0.765. The maximum absolute atomic E-state index is 5.37. The van der Waals surface area contributed by atoms with Gasteiger partial charge in [0, 0.05) is 24.7 Å². The molecule has 3 nitrogen and oxygen atoms in total. The van der Waals surface area contributed by atoms with E-state index in [9.17, 15) is 0 Å². The highest BCUT2D eigenvalue weighted by Gasteiger charge is 2.05. The normalized spacial score (nSPS) is 10.5. The molecule has 1 aromatic carbocycles. The van der Waals surface area contributed by atoms with E-state index in [1.54, 1.807) is 25.6 Å². The van der Waals surface area contributed by atoms with Gasteiger partial charge in [-0.2, -0.15) is 0 Å². The molecule has 1 heterocycles. The Morgan fingerprint density at radius 1 is 1.16 bits per heavy atom. The molecule has 1 aromatic heterocycles. The first-order chi connectivity index (χ1) is 9.22. The number of ether oxygens (including phenoxy) is 2. The Morgan fingerprint density at radius 3 is 2.63 bits per heavy atom. The molecule has 0 saturated heterocycles. The molecule has 0 unspecified atom stereocenters. The lowest BCUT2D eigenvalue weighted by atomic mass is 10.2. The van der Waals surface area contributed by atoms with E-state index in [0.29, 0.717) is 0 Å². The van der Waals surface area contributed by atoms with Gasteiger partial charge in [-0.15, -0.1) is 11.3 Å². The zero-order valence-corrected chi connectivity index (χ0v) is 13.3. The molecule has 102 valence electrons. The van der Waals surface area contributed by atoms with Gasteiger partial charge in [-0.3, -0.25) is 0 Å². The van der Waals surface area contributed by atoms with Gasteiger partial charge in [0.05, 0.1) is 18.0 Å². The number of rotatable bonds is 6. The van der Waals surface area contributed by atoms with E-state index < -0.39 is 0 Å². The van der Waals surface area contributed by atoms with Crippen LogP contribution >= 0.6 is 27.3 Å². The molecule has 0 saturated carbocycles. The zero-order chi connectivity index (χ0) is 13.7. The van der Waals surface area contributed by atoms with Crippen molar-refractivity contribution in [1.82, 2.24) is 5.32 Å². The van der Waals surface area contributed by atoms with E-state index >= 15 is 0 Å². The number of halogens is 1. The van der Waals surface area contributed by atoms with Crippen LogP contribution < -0.4 is 14.8 Å². The van der Waals surface area contributed by atoms with Crippen LogP contribution in [0.15, 0.2) is 33.4 Å². The minimum Gasteiger partial charge on any atom is -0.497 e. The summed E-state index contributed by atoms with van der Waals surface area (Å²) in [5.41, 5.74) is 2.40. The van der Waals surface area contributed by atoms with Crippen LogP contribution in [0.3, 0.4) is 0 Å². The number of hydrogen-bond acceptors (Lipinski definition) is 4. The minimum atomic E-state index is 0.765. The molecular weight excluding hydrogens is 326 g/mol. The standard InChI is InChI=1S/C14H16BrNO2S/c1-17-12-4-3-11(13(6-12)18-2)8-16-7-10-5-14(15)19-9-10/h3-6,9,16H,7-8H2,1-2H3. The smallest absolute Gasteiger partial charge is 0.127 e.